The minimum Gasteiger partial charge on any atom is -0.478 e. The SMILES string of the molecule is C[C@H](NC(=O)[C@H]1CCN(S(C)(=O)=O)c2cc(Cl)ccc2O1)c1ccccc1. The summed E-state index contributed by atoms with van der Waals surface area (Å²) in [5.74, 6) is 0.0254. The van der Waals surface area contributed by atoms with Crippen molar-refractivity contribution in [3.05, 3.63) is 59.1 Å². The molecule has 0 bridgehead atoms. The third-order valence-corrected chi connectivity index (χ3v) is 5.82. The van der Waals surface area contributed by atoms with Gasteiger partial charge in [-0.1, -0.05) is 41.9 Å². The van der Waals surface area contributed by atoms with Crippen LogP contribution in [-0.4, -0.2) is 33.2 Å². The molecule has 2 aromatic carbocycles. The first kappa shape index (κ1) is 19.5. The van der Waals surface area contributed by atoms with E-state index in [-0.39, 0.29) is 24.9 Å². The first-order chi connectivity index (χ1) is 12.8. The molecule has 3 rings (SSSR count). The topological polar surface area (TPSA) is 75.7 Å². The predicted molar refractivity (Wildman–Crippen MR) is 106 cm³/mol. The summed E-state index contributed by atoms with van der Waals surface area (Å²) < 4.78 is 31.4. The van der Waals surface area contributed by atoms with Gasteiger partial charge in [0, 0.05) is 18.0 Å². The van der Waals surface area contributed by atoms with Crippen LogP contribution in [0.5, 0.6) is 5.75 Å². The number of sulfonamides is 1. The highest BCUT2D eigenvalue weighted by Crippen LogP contribution is 2.36. The first-order valence-electron chi connectivity index (χ1n) is 8.55. The van der Waals surface area contributed by atoms with Gasteiger partial charge in [-0.3, -0.25) is 9.10 Å². The van der Waals surface area contributed by atoms with E-state index in [0.717, 1.165) is 11.8 Å². The Labute approximate surface area is 164 Å². The van der Waals surface area contributed by atoms with Crippen molar-refractivity contribution in [3.63, 3.8) is 0 Å². The van der Waals surface area contributed by atoms with E-state index in [1.165, 1.54) is 10.4 Å². The second-order valence-electron chi connectivity index (χ2n) is 6.48. The van der Waals surface area contributed by atoms with Gasteiger partial charge in [0.05, 0.1) is 18.0 Å². The summed E-state index contributed by atoms with van der Waals surface area (Å²) in [5, 5.41) is 3.33. The molecule has 0 unspecified atom stereocenters. The van der Waals surface area contributed by atoms with Crippen molar-refractivity contribution in [1.82, 2.24) is 5.32 Å². The molecule has 1 heterocycles. The number of benzene rings is 2. The number of ether oxygens (including phenoxy) is 1. The predicted octanol–water partition coefficient (Wildman–Crippen LogP) is 3.13. The van der Waals surface area contributed by atoms with Crippen LogP contribution in [0.3, 0.4) is 0 Å². The first-order valence-corrected chi connectivity index (χ1v) is 10.8. The van der Waals surface area contributed by atoms with E-state index in [1.807, 2.05) is 37.3 Å². The Balaban J connectivity index is 1.82. The maximum atomic E-state index is 12.7. The molecule has 27 heavy (non-hydrogen) atoms. The molecule has 1 aliphatic rings. The number of anilines is 1. The number of carbonyl (C=O) groups excluding carboxylic acids is 1. The van der Waals surface area contributed by atoms with Crippen LogP contribution in [0, 0.1) is 0 Å². The lowest BCUT2D eigenvalue weighted by Gasteiger charge is -2.21. The van der Waals surface area contributed by atoms with Gasteiger partial charge >= 0.3 is 0 Å². The van der Waals surface area contributed by atoms with Crippen molar-refractivity contribution in [2.75, 3.05) is 17.1 Å². The van der Waals surface area contributed by atoms with E-state index in [0.29, 0.717) is 16.5 Å². The normalized spacial score (nSPS) is 18.0. The molecule has 6 nitrogen and oxygen atoms in total. The Morgan fingerprint density at radius 1 is 1.26 bits per heavy atom. The third-order valence-electron chi connectivity index (χ3n) is 4.40. The maximum Gasteiger partial charge on any atom is 0.261 e. The summed E-state index contributed by atoms with van der Waals surface area (Å²) in [6.07, 6.45) is 0.547. The lowest BCUT2D eigenvalue weighted by molar-refractivity contribution is -0.128. The van der Waals surface area contributed by atoms with Crippen LogP contribution in [0.25, 0.3) is 0 Å². The zero-order valence-corrected chi connectivity index (χ0v) is 16.6. The number of fused-ring (bicyclic) bond motifs is 1. The van der Waals surface area contributed by atoms with Gasteiger partial charge in [-0.2, -0.15) is 0 Å². The Hall–Kier alpha value is -2.25. The number of hydrogen-bond acceptors (Lipinski definition) is 4. The van der Waals surface area contributed by atoms with E-state index >= 15 is 0 Å². The molecule has 1 aliphatic heterocycles. The number of nitrogens with zero attached hydrogens (tertiary/aromatic N) is 1. The fraction of sp³-hybridized carbons (Fsp3) is 0.316. The Kier molecular flexibility index (Phi) is 5.62. The average Bonchev–Trinajstić information content (AvgIpc) is 2.81. The van der Waals surface area contributed by atoms with Crippen molar-refractivity contribution < 1.29 is 17.9 Å². The van der Waals surface area contributed by atoms with Gasteiger partial charge in [0.1, 0.15) is 5.75 Å². The highest BCUT2D eigenvalue weighted by atomic mass is 35.5. The molecular formula is C19H21ClN2O4S. The van der Waals surface area contributed by atoms with Crippen molar-refractivity contribution in [1.29, 1.82) is 0 Å². The second kappa shape index (κ2) is 7.78. The Morgan fingerprint density at radius 2 is 1.96 bits per heavy atom. The van der Waals surface area contributed by atoms with E-state index in [1.54, 1.807) is 12.1 Å². The minimum absolute atomic E-state index is 0.129. The van der Waals surface area contributed by atoms with E-state index in [2.05, 4.69) is 5.32 Å². The van der Waals surface area contributed by atoms with Crippen LogP contribution >= 0.6 is 11.6 Å². The number of carbonyl (C=O) groups is 1. The molecule has 0 spiro atoms. The van der Waals surface area contributed by atoms with Gasteiger partial charge in [-0.25, -0.2) is 8.42 Å². The van der Waals surface area contributed by atoms with Crippen LogP contribution in [0.15, 0.2) is 48.5 Å². The molecule has 0 radical (unpaired) electrons. The molecule has 0 aliphatic carbocycles. The fourth-order valence-electron chi connectivity index (χ4n) is 3.01. The van der Waals surface area contributed by atoms with Gasteiger partial charge in [0.15, 0.2) is 6.10 Å². The highest BCUT2D eigenvalue weighted by molar-refractivity contribution is 7.92. The Bertz CT molecular complexity index is 934. The van der Waals surface area contributed by atoms with Crippen molar-refractivity contribution >= 4 is 33.2 Å². The quantitative estimate of drug-likeness (QED) is 0.843. The summed E-state index contributed by atoms with van der Waals surface area (Å²) >= 11 is 6.02. The second-order valence-corrected chi connectivity index (χ2v) is 8.83. The molecule has 1 N–H and O–H groups in total. The number of hydrogen-bond donors (Lipinski definition) is 1. The van der Waals surface area contributed by atoms with Crippen molar-refractivity contribution in [2.24, 2.45) is 0 Å². The van der Waals surface area contributed by atoms with E-state index in [9.17, 15) is 13.2 Å². The van der Waals surface area contributed by atoms with Gasteiger partial charge in [-0.05, 0) is 30.7 Å². The highest BCUT2D eigenvalue weighted by Gasteiger charge is 2.31. The molecule has 2 aromatic rings. The number of nitrogens with one attached hydrogen (secondary N) is 1. The zero-order valence-electron chi connectivity index (χ0n) is 15.1. The van der Waals surface area contributed by atoms with Crippen molar-refractivity contribution in [3.8, 4) is 5.75 Å². The molecule has 0 aromatic heterocycles. The third kappa shape index (κ3) is 4.54. The van der Waals surface area contributed by atoms with Crippen molar-refractivity contribution in [2.45, 2.75) is 25.5 Å². The fourth-order valence-corrected chi connectivity index (χ4v) is 4.12. The molecule has 144 valence electrons. The zero-order chi connectivity index (χ0) is 19.6. The average molecular weight is 409 g/mol. The van der Waals surface area contributed by atoms with E-state index < -0.39 is 16.1 Å². The molecular weight excluding hydrogens is 388 g/mol. The van der Waals surface area contributed by atoms with Gasteiger partial charge in [-0.15, -0.1) is 0 Å². The molecule has 8 heteroatoms. The molecule has 0 saturated heterocycles. The summed E-state index contributed by atoms with van der Waals surface area (Å²) in [6, 6.07) is 14.1. The molecule has 0 saturated carbocycles. The van der Waals surface area contributed by atoms with Gasteiger partial charge in [0.25, 0.3) is 5.91 Å². The standard InChI is InChI=1S/C19H21ClN2O4S/c1-13(14-6-4-3-5-7-14)21-19(23)18-10-11-22(27(2,24)25)16-12-15(20)8-9-17(16)26-18/h3-9,12-13,18H,10-11H2,1-2H3,(H,21,23)/t13-,18+/m0/s1. The summed E-state index contributed by atoms with van der Waals surface area (Å²) in [4.78, 5) is 12.7. The molecule has 2 atom stereocenters. The lowest BCUT2D eigenvalue weighted by atomic mass is 10.1. The summed E-state index contributed by atoms with van der Waals surface area (Å²) in [7, 11) is -3.53. The smallest absolute Gasteiger partial charge is 0.261 e. The largest absolute Gasteiger partial charge is 0.478 e. The molecule has 0 fully saturated rings. The van der Waals surface area contributed by atoms with Crippen LogP contribution in [0.4, 0.5) is 5.69 Å². The number of halogens is 1. The van der Waals surface area contributed by atoms with Crippen LogP contribution in [0.1, 0.15) is 24.9 Å². The monoisotopic (exact) mass is 408 g/mol. The maximum absolute atomic E-state index is 12.7. The lowest BCUT2D eigenvalue weighted by Crippen LogP contribution is -2.40. The van der Waals surface area contributed by atoms with Crippen LogP contribution in [0.2, 0.25) is 5.02 Å². The summed E-state index contributed by atoms with van der Waals surface area (Å²) in [5.41, 5.74) is 1.32. The minimum atomic E-state index is -3.53. The van der Waals surface area contributed by atoms with Gasteiger partial charge < -0.3 is 10.1 Å². The number of rotatable bonds is 4. The Morgan fingerprint density at radius 3 is 2.63 bits per heavy atom. The van der Waals surface area contributed by atoms with E-state index in [4.69, 9.17) is 16.3 Å². The van der Waals surface area contributed by atoms with Gasteiger partial charge in [0.2, 0.25) is 10.0 Å². The summed E-state index contributed by atoms with van der Waals surface area (Å²) in [6.45, 7) is 2.02. The number of amides is 1. The van der Waals surface area contributed by atoms with Crippen LogP contribution in [-0.2, 0) is 14.8 Å². The van der Waals surface area contributed by atoms with Crippen LogP contribution < -0.4 is 14.4 Å². The molecule has 1 amide bonds.